The monoisotopic (exact) mass is 518 g/mol. The zero-order valence-electron chi connectivity index (χ0n) is 23.6. The summed E-state index contributed by atoms with van der Waals surface area (Å²) < 4.78 is 5.65. The predicted molar refractivity (Wildman–Crippen MR) is 156 cm³/mol. The van der Waals surface area contributed by atoms with Crippen molar-refractivity contribution in [1.29, 1.82) is 0 Å². The van der Waals surface area contributed by atoms with E-state index in [2.05, 4.69) is 41.8 Å². The van der Waals surface area contributed by atoms with Gasteiger partial charge in [0.25, 0.3) is 0 Å². The molecule has 0 saturated carbocycles. The zero-order chi connectivity index (χ0) is 27.2. The minimum atomic E-state index is -0.751. The first kappa shape index (κ1) is 29.5. The molecule has 2 aromatic carbocycles. The third-order valence-corrected chi connectivity index (χ3v) is 7.23. The van der Waals surface area contributed by atoms with Crippen LogP contribution in [0.15, 0.2) is 60.2 Å². The quantitative estimate of drug-likeness (QED) is 0.175. The molecule has 2 N–H and O–H groups in total. The highest BCUT2D eigenvalue weighted by Gasteiger charge is 2.29. The molecular weight excluding hydrogens is 472 g/mol. The standard InChI is InChI=1S/C33H46N2O3/c1-4-5-6-7-8-9-10-11-12-17-22-34-32(36)31(23-25(2)3)35-33(37)38-24-30-28-20-15-13-18-26(28)27-19-14-16-21-29(27)30/h13-16,18-21,23,30-31H,4-12,17,22,24H2,1-3H3,(H,34,36)(H,35,37)/t31-/m0/s1. The lowest BCUT2D eigenvalue weighted by atomic mass is 9.98. The number of carbonyl (C=O) groups excluding carboxylic acids is 2. The fourth-order valence-corrected chi connectivity index (χ4v) is 5.22. The summed E-state index contributed by atoms with van der Waals surface area (Å²) in [6, 6.07) is 15.7. The lowest BCUT2D eigenvalue weighted by Gasteiger charge is -2.18. The van der Waals surface area contributed by atoms with Gasteiger partial charge in [0, 0.05) is 12.5 Å². The topological polar surface area (TPSA) is 67.4 Å². The van der Waals surface area contributed by atoms with Gasteiger partial charge in [-0.3, -0.25) is 4.79 Å². The van der Waals surface area contributed by atoms with Gasteiger partial charge in [-0.2, -0.15) is 0 Å². The van der Waals surface area contributed by atoms with Gasteiger partial charge in [0.2, 0.25) is 5.91 Å². The number of carbonyl (C=O) groups is 2. The molecule has 0 unspecified atom stereocenters. The molecule has 5 nitrogen and oxygen atoms in total. The van der Waals surface area contributed by atoms with Crippen LogP contribution in [0.2, 0.25) is 0 Å². The summed E-state index contributed by atoms with van der Waals surface area (Å²) in [6.07, 6.45) is 13.7. The Labute approximate surface area is 229 Å². The highest BCUT2D eigenvalue weighted by Crippen LogP contribution is 2.44. The third kappa shape index (κ3) is 9.04. The van der Waals surface area contributed by atoms with E-state index in [9.17, 15) is 9.59 Å². The molecule has 0 aromatic heterocycles. The molecule has 0 fully saturated rings. The minimum Gasteiger partial charge on any atom is -0.449 e. The predicted octanol–water partition coefficient (Wildman–Crippen LogP) is 7.90. The van der Waals surface area contributed by atoms with Crippen LogP contribution in [-0.4, -0.2) is 31.2 Å². The number of amides is 2. The molecule has 0 aliphatic heterocycles. The third-order valence-electron chi connectivity index (χ3n) is 7.23. The molecule has 0 saturated heterocycles. The molecule has 38 heavy (non-hydrogen) atoms. The summed E-state index contributed by atoms with van der Waals surface area (Å²) >= 11 is 0. The first-order valence-electron chi connectivity index (χ1n) is 14.6. The van der Waals surface area contributed by atoms with Crippen LogP contribution in [-0.2, 0) is 9.53 Å². The normalized spacial score (nSPS) is 12.8. The van der Waals surface area contributed by atoms with Crippen molar-refractivity contribution in [2.24, 2.45) is 0 Å². The number of allylic oxidation sites excluding steroid dienone is 1. The largest absolute Gasteiger partial charge is 0.449 e. The van der Waals surface area contributed by atoms with Crippen LogP contribution in [0.3, 0.4) is 0 Å². The summed E-state index contributed by atoms with van der Waals surface area (Å²) in [4.78, 5) is 25.6. The Bertz CT molecular complexity index is 1010. The second-order valence-corrected chi connectivity index (χ2v) is 10.7. The Hall–Kier alpha value is -3.08. The van der Waals surface area contributed by atoms with Gasteiger partial charge in [-0.15, -0.1) is 0 Å². The minimum absolute atomic E-state index is 0.0137. The van der Waals surface area contributed by atoms with Crippen LogP contribution in [0.4, 0.5) is 4.79 Å². The molecule has 0 bridgehead atoms. The maximum atomic E-state index is 12.8. The number of benzene rings is 2. The molecule has 206 valence electrons. The highest BCUT2D eigenvalue weighted by atomic mass is 16.5. The lowest BCUT2D eigenvalue weighted by molar-refractivity contribution is -0.122. The molecule has 0 heterocycles. The van der Waals surface area contributed by atoms with Crippen molar-refractivity contribution in [1.82, 2.24) is 10.6 Å². The van der Waals surface area contributed by atoms with E-state index in [1.165, 1.54) is 62.5 Å². The Kier molecular flexibility index (Phi) is 12.4. The SMILES string of the molecule is CCCCCCCCCCCCNC(=O)[C@H](C=C(C)C)NC(=O)OCC1c2ccccc2-c2ccccc21. The van der Waals surface area contributed by atoms with E-state index in [0.29, 0.717) is 6.54 Å². The van der Waals surface area contributed by atoms with Crippen molar-refractivity contribution in [2.45, 2.75) is 96.9 Å². The summed E-state index contributed by atoms with van der Waals surface area (Å²) in [5.41, 5.74) is 5.66. The van der Waals surface area contributed by atoms with Crippen molar-refractivity contribution in [3.63, 3.8) is 0 Å². The molecule has 2 aromatic rings. The molecule has 1 aliphatic carbocycles. The van der Waals surface area contributed by atoms with E-state index in [1.54, 1.807) is 6.08 Å². The number of hydrogen-bond acceptors (Lipinski definition) is 3. The number of ether oxygens (including phenoxy) is 1. The summed E-state index contributed by atoms with van der Waals surface area (Å²) in [7, 11) is 0. The Morgan fingerprint density at radius 3 is 1.89 bits per heavy atom. The van der Waals surface area contributed by atoms with Crippen molar-refractivity contribution < 1.29 is 14.3 Å². The summed E-state index contributed by atoms with van der Waals surface area (Å²) in [5, 5.41) is 5.75. The molecule has 0 radical (unpaired) electrons. The second-order valence-electron chi connectivity index (χ2n) is 10.7. The maximum absolute atomic E-state index is 12.8. The highest BCUT2D eigenvalue weighted by molar-refractivity contribution is 5.87. The molecular formula is C33H46N2O3. The average Bonchev–Trinajstić information content (AvgIpc) is 3.23. The van der Waals surface area contributed by atoms with E-state index < -0.39 is 12.1 Å². The van der Waals surface area contributed by atoms with Crippen LogP contribution < -0.4 is 10.6 Å². The van der Waals surface area contributed by atoms with Gasteiger partial charge in [0.05, 0.1) is 0 Å². The van der Waals surface area contributed by atoms with Crippen LogP contribution in [0, 0.1) is 0 Å². The van der Waals surface area contributed by atoms with E-state index in [1.807, 2.05) is 38.1 Å². The molecule has 1 aliphatic rings. The molecule has 0 spiro atoms. The smallest absolute Gasteiger partial charge is 0.408 e. The summed E-state index contributed by atoms with van der Waals surface area (Å²) in [5.74, 6) is -0.212. The Balaban J connectivity index is 1.41. The van der Waals surface area contributed by atoms with E-state index in [0.717, 1.165) is 29.5 Å². The van der Waals surface area contributed by atoms with Crippen LogP contribution in [0.5, 0.6) is 0 Å². The number of alkyl carbamates (subject to hydrolysis) is 1. The van der Waals surface area contributed by atoms with Crippen LogP contribution in [0.25, 0.3) is 11.1 Å². The van der Waals surface area contributed by atoms with Gasteiger partial charge in [0.1, 0.15) is 12.6 Å². The number of hydrogen-bond donors (Lipinski definition) is 2. The van der Waals surface area contributed by atoms with Crippen molar-refractivity contribution >= 4 is 12.0 Å². The van der Waals surface area contributed by atoms with E-state index >= 15 is 0 Å². The molecule has 2 amide bonds. The fraction of sp³-hybridized carbons (Fsp3) is 0.515. The molecule has 3 rings (SSSR count). The lowest BCUT2D eigenvalue weighted by Crippen LogP contribution is -2.46. The second kappa shape index (κ2) is 16.0. The van der Waals surface area contributed by atoms with Crippen molar-refractivity contribution in [2.75, 3.05) is 13.2 Å². The van der Waals surface area contributed by atoms with Crippen molar-refractivity contribution in [3.05, 3.63) is 71.3 Å². The van der Waals surface area contributed by atoms with E-state index in [4.69, 9.17) is 4.74 Å². The molecule has 1 atom stereocenters. The number of rotatable bonds is 16. The first-order chi connectivity index (χ1) is 18.5. The van der Waals surface area contributed by atoms with Crippen molar-refractivity contribution in [3.8, 4) is 11.1 Å². The number of nitrogens with one attached hydrogen (secondary N) is 2. The van der Waals surface area contributed by atoms with Gasteiger partial charge in [-0.25, -0.2) is 4.79 Å². The van der Waals surface area contributed by atoms with Gasteiger partial charge in [-0.05, 0) is 42.5 Å². The van der Waals surface area contributed by atoms with Gasteiger partial charge < -0.3 is 15.4 Å². The summed E-state index contributed by atoms with van der Waals surface area (Å²) in [6.45, 7) is 6.93. The van der Waals surface area contributed by atoms with Gasteiger partial charge in [0.15, 0.2) is 0 Å². The van der Waals surface area contributed by atoms with Crippen LogP contribution in [0.1, 0.15) is 102 Å². The molecule has 5 heteroatoms. The first-order valence-corrected chi connectivity index (χ1v) is 14.6. The number of fused-ring (bicyclic) bond motifs is 3. The van der Waals surface area contributed by atoms with Crippen LogP contribution >= 0.6 is 0 Å². The van der Waals surface area contributed by atoms with E-state index in [-0.39, 0.29) is 18.4 Å². The maximum Gasteiger partial charge on any atom is 0.408 e. The van der Waals surface area contributed by atoms with Gasteiger partial charge in [-0.1, -0.05) is 125 Å². The zero-order valence-corrected chi connectivity index (χ0v) is 23.6. The average molecular weight is 519 g/mol. The number of unbranched alkanes of at least 4 members (excludes halogenated alkanes) is 9. The fourth-order valence-electron chi connectivity index (χ4n) is 5.22. The Morgan fingerprint density at radius 2 is 1.34 bits per heavy atom. The van der Waals surface area contributed by atoms with Gasteiger partial charge >= 0.3 is 6.09 Å². The Morgan fingerprint density at radius 1 is 0.816 bits per heavy atom.